The molecule has 40 heavy (non-hydrogen) atoms. The predicted octanol–water partition coefficient (Wildman–Crippen LogP) is 7.78. The van der Waals surface area contributed by atoms with Gasteiger partial charge >= 0.3 is 11.9 Å². The Hall–Kier alpha value is -1.36. The van der Waals surface area contributed by atoms with Gasteiger partial charge in [-0.2, -0.15) is 0 Å². The fourth-order valence-corrected chi connectivity index (χ4v) is 11.4. The number of fused-ring (bicyclic) bond motifs is 7. The highest BCUT2D eigenvalue weighted by Crippen LogP contribution is 2.75. The van der Waals surface area contributed by atoms with Gasteiger partial charge in [-0.25, -0.2) is 0 Å². The molecular weight excluding hydrogens is 498 g/mol. The minimum Gasteiger partial charge on any atom is -0.481 e. The number of ether oxygens (including phenoxy) is 1. The third-order valence-electron chi connectivity index (χ3n) is 14.0. The van der Waals surface area contributed by atoms with Crippen molar-refractivity contribution in [3.63, 3.8) is 0 Å². The highest BCUT2D eigenvalue weighted by Gasteiger charge is 2.69. The third-order valence-corrected chi connectivity index (χ3v) is 14.0. The molecule has 0 radical (unpaired) electrons. The van der Waals surface area contributed by atoms with Gasteiger partial charge < -0.3 is 15.2 Å². The molecule has 2 N–H and O–H groups in total. The van der Waals surface area contributed by atoms with Gasteiger partial charge in [0.05, 0.1) is 12.0 Å². The van der Waals surface area contributed by atoms with E-state index in [1.807, 2.05) is 0 Å². The number of carbonyl (C=O) groups excluding carboxylic acids is 1. The molecule has 5 nitrogen and oxygen atoms in total. The average Bonchev–Trinajstić information content (AvgIpc) is 2.86. The number of nitrogens with one attached hydrogen (secondary N) is 1. The summed E-state index contributed by atoms with van der Waals surface area (Å²) in [7, 11) is 0. The van der Waals surface area contributed by atoms with Crippen LogP contribution in [0.5, 0.6) is 0 Å². The van der Waals surface area contributed by atoms with Crippen LogP contribution in [0, 0.1) is 50.2 Å². The van der Waals surface area contributed by atoms with Crippen molar-refractivity contribution in [2.45, 2.75) is 132 Å². The summed E-state index contributed by atoms with van der Waals surface area (Å²) in [4.78, 5) is 25.6. The number of hydrogen-bond donors (Lipinski definition) is 2. The van der Waals surface area contributed by atoms with Crippen LogP contribution in [0.1, 0.15) is 126 Å². The second kappa shape index (κ2) is 9.85. The van der Waals surface area contributed by atoms with Crippen LogP contribution in [0.4, 0.5) is 0 Å². The molecule has 5 rings (SSSR count). The molecule has 0 aromatic heterocycles. The average molecular weight is 556 g/mol. The molecule has 5 aliphatic rings. The number of rotatable bonds is 6. The minimum atomic E-state index is -0.582. The van der Waals surface area contributed by atoms with Crippen LogP contribution < -0.4 is 5.32 Å². The summed E-state index contributed by atoms with van der Waals surface area (Å²) in [6.45, 7) is 20.3. The lowest BCUT2D eigenvalue weighted by Crippen LogP contribution is -2.65. The topological polar surface area (TPSA) is 75.6 Å². The molecule has 0 heterocycles. The molecular formula is C35H57NO4. The molecule has 0 aromatic rings. The molecule has 226 valence electrons. The van der Waals surface area contributed by atoms with Gasteiger partial charge in [0.1, 0.15) is 6.10 Å². The van der Waals surface area contributed by atoms with Crippen molar-refractivity contribution in [1.29, 1.82) is 0 Å². The lowest BCUT2D eigenvalue weighted by atomic mass is 9.33. The van der Waals surface area contributed by atoms with Crippen molar-refractivity contribution < 1.29 is 19.4 Å². The summed E-state index contributed by atoms with van der Waals surface area (Å²) < 4.78 is 6.16. The zero-order valence-corrected chi connectivity index (χ0v) is 26.8. The quantitative estimate of drug-likeness (QED) is 0.199. The molecule has 0 aliphatic heterocycles. The third kappa shape index (κ3) is 4.25. The van der Waals surface area contributed by atoms with E-state index < -0.39 is 11.4 Å². The van der Waals surface area contributed by atoms with Crippen molar-refractivity contribution in [2.24, 2.45) is 50.2 Å². The van der Waals surface area contributed by atoms with Gasteiger partial charge in [-0.3, -0.25) is 9.59 Å². The van der Waals surface area contributed by atoms with Gasteiger partial charge in [0, 0.05) is 5.41 Å². The van der Waals surface area contributed by atoms with E-state index in [0.29, 0.717) is 18.4 Å². The van der Waals surface area contributed by atoms with E-state index in [1.165, 1.54) is 12.0 Å². The maximum Gasteiger partial charge on any atom is 0.320 e. The fraction of sp³-hybridized carbons (Fsp3) is 0.886. The Kier molecular flexibility index (Phi) is 7.41. The Morgan fingerprint density at radius 3 is 2.33 bits per heavy atom. The first-order chi connectivity index (χ1) is 18.6. The molecule has 4 fully saturated rings. The molecule has 5 heteroatoms. The Balaban J connectivity index is 1.45. The molecule has 0 saturated heterocycles. The van der Waals surface area contributed by atoms with Crippen molar-refractivity contribution in [2.75, 3.05) is 13.1 Å². The van der Waals surface area contributed by atoms with Crippen LogP contribution >= 0.6 is 0 Å². The Labute approximate surface area is 243 Å². The Bertz CT molecular complexity index is 1060. The summed E-state index contributed by atoms with van der Waals surface area (Å²) in [5.74, 6) is 0.542. The number of carbonyl (C=O) groups is 2. The number of esters is 1. The van der Waals surface area contributed by atoms with Crippen LogP contribution in [0.3, 0.4) is 0 Å². The number of hydrogen-bond acceptors (Lipinski definition) is 4. The minimum absolute atomic E-state index is 0.0357. The van der Waals surface area contributed by atoms with Crippen LogP contribution in [-0.2, 0) is 14.3 Å². The van der Waals surface area contributed by atoms with Crippen molar-refractivity contribution >= 4 is 11.9 Å². The molecule has 0 amide bonds. The second-order valence-electron chi connectivity index (χ2n) is 16.7. The fourth-order valence-electron chi connectivity index (χ4n) is 11.4. The van der Waals surface area contributed by atoms with Gasteiger partial charge in [-0.05, 0) is 117 Å². The van der Waals surface area contributed by atoms with E-state index >= 15 is 0 Å². The van der Waals surface area contributed by atoms with E-state index in [0.717, 1.165) is 70.8 Å². The SMILES string of the molecule is CCCNCC(=O)O[C@H]1CC[C@]2(C)[C@H]3CC=C4[C@@H]5CC(C)(C)CC[C@]5(C(=O)O)CC[C@@]4(C)[C@]3(C)CC[C@H]2C1(C)C. The smallest absolute Gasteiger partial charge is 0.320 e. The van der Waals surface area contributed by atoms with Gasteiger partial charge in [-0.15, -0.1) is 0 Å². The highest BCUT2D eigenvalue weighted by molar-refractivity contribution is 5.76. The van der Waals surface area contributed by atoms with E-state index in [2.05, 4.69) is 66.8 Å². The number of aliphatic carboxylic acids is 1. The van der Waals surface area contributed by atoms with E-state index in [1.54, 1.807) is 0 Å². The number of carboxylic acids is 1. The second-order valence-corrected chi connectivity index (χ2v) is 16.7. The van der Waals surface area contributed by atoms with E-state index in [-0.39, 0.29) is 45.1 Å². The normalized spacial score (nSPS) is 45.1. The van der Waals surface area contributed by atoms with E-state index in [9.17, 15) is 14.7 Å². The number of allylic oxidation sites excluding steroid dienone is 2. The lowest BCUT2D eigenvalue weighted by molar-refractivity contribution is -0.213. The maximum absolute atomic E-state index is 12.9. The largest absolute Gasteiger partial charge is 0.481 e. The van der Waals surface area contributed by atoms with Gasteiger partial charge in [0.2, 0.25) is 0 Å². The Morgan fingerprint density at radius 1 is 0.950 bits per heavy atom. The van der Waals surface area contributed by atoms with Gasteiger partial charge in [0.25, 0.3) is 0 Å². The standard InChI is InChI=1S/C35H57NO4/c1-9-20-36-22-28(37)40-27-13-14-32(6)25(31(27,4)5)12-15-34(8)26(32)11-10-23-24-21-30(2,3)16-18-35(24,29(38)39)19-17-33(23,34)7/h10,24-27,36H,9,11-22H2,1-8H3,(H,38,39)/t24-,25-,26+,27-,32-,33+,34+,35-/m0/s1. The zero-order valence-electron chi connectivity index (χ0n) is 26.8. The summed E-state index contributed by atoms with van der Waals surface area (Å²) >= 11 is 0. The molecule has 5 aliphatic carbocycles. The molecule has 4 saturated carbocycles. The number of carboxylic acid groups (broad SMARTS) is 1. The molecule has 0 spiro atoms. The van der Waals surface area contributed by atoms with Crippen molar-refractivity contribution in [1.82, 2.24) is 5.32 Å². The van der Waals surface area contributed by atoms with Crippen LogP contribution in [0.2, 0.25) is 0 Å². The van der Waals surface area contributed by atoms with Crippen LogP contribution in [-0.4, -0.2) is 36.2 Å². The molecule has 0 aromatic carbocycles. The van der Waals surface area contributed by atoms with Gasteiger partial charge in [0.15, 0.2) is 0 Å². The summed E-state index contributed by atoms with van der Waals surface area (Å²) in [5.41, 5.74) is 1.40. The first kappa shape index (κ1) is 30.1. The van der Waals surface area contributed by atoms with Crippen LogP contribution in [0.25, 0.3) is 0 Å². The first-order valence-electron chi connectivity index (χ1n) is 16.4. The Morgan fingerprint density at radius 2 is 1.65 bits per heavy atom. The van der Waals surface area contributed by atoms with Crippen LogP contribution in [0.15, 0.2) is 11.6 Å². The highest BCUT2D eigenvalue weighted by atomic mass is 16.5. The maximum atomic E-state index is 12.9. The van der Waals surface area contributed by atoms with E-state index in [4.69, 9.17) is 4.74 Å². The van der Waals surface area contributed by atoms with Crippen molar-refractivity contribution in [3.8, 4) is 0 Å². The summed E-state index contributed by atoms with van der Waals surface area (Å²) in [6, 6.07) is 0. The lowest BCUT2D eigenvalue weighted by Gasteiger charge is -2.71. The molecule has 8 atom stereocenters. The molecule has 0 bridgehead atoms. The zero-order chi connectivity index (χ0) is 29.4. The first-order valence-corrected chi connectivity index (χ1v) is 16.4. The monoisotopic (exact) mass is 555 g/mol. The van der Waals surface area contributed by atoms with Crippen molar-refractivity contribution in [3.05, 3.63) is 11.6 Å². The predicted molar refractivity (Wildman–Crippen MR) is 160 cm³/mol. The summed E-state index contributed by atoms with van der Waals surface area (Å²) in [6.07, 6.45) is 13.6. The molecule has 0 unspecified atom stereocenters. The van der Waals surface area contributed by atoms with Gasteiger partial charge in [-0.1, -0.05) is 67.0 Å². The summed E-state index contributed by atoms with van der Waals surface area (Å²) in [5, 5.41) is 13.8.